The van der Waals surface area contributed by atoms with Gasteiger partial charge in [-0.15, -0.1) is 0 Å². The summed E-state index contributed by atoms with van der Waals surface area (Å²) in [6, 6.07) is 12.9. The van der Waals surface area contributed by atoms with Gasteiger partial charge < -0.3 is 15.4 Å². The molecule has 1 heterocycles. The van der Waals surface area contributed by atoms with Crippen LogP contribution < -0.4 is 15.4 Å². The van der Waals surface area contributed by atoms with E-state index in [1.165, 1.54) is 0 Å². The minimum Gasteiger partial charge on any atom is -0.497 e. The first kappa shape index (κ1) is 19.7. The Hall–Kier alpha value is -3.06. The van der Waals surface area contributed by atoms with E-state index in [1.54, 1.807) is 62.6 Å². The maximum Gasteiger partial charge on any atom is 0.325 e. The van der Waals surface area contributed by atoms with Gasteiger partial charge in [0.25, 0.3) is 5.91 Å². The first-order valence-corrected chi connectivity index (χ1v) is 9.11. The fourth-order valence-corrected chi connectivity index (χ4v) is 3.39. The number of rotatable bonds is 6. The number of imide groups is 1. The molecular weight excluding hydrogens is 382 g/mol. The minimum atomic E-state index is -1.21. The molecule has 0 saturated carbocycles. The zero-order valence-electron chi connectivity index (χ0n) is 15.5. The third kappa shape index (κ3) is 3.66. The van der Waals surface area contributed by atoms with Gasteiger partial charge in [-0.2, -0.15) is 0 Å². The van der Waals surface area contributed by atoms with Gasteiger partial charge in [0.05, 0.1) is 7.11 Å². The summed E-state index contributed by atoms with van der Waals surface area (Å²) in [4.78, 5) is 38.8. The van der Waals surface area contributed by atoms with E-state index in [-0.39, 0.29) is 0 Å². The number of ether oxygens (including phenoxy) is 1. The fourth-order valence-electron chi connectivity index (χ4n) is 3.19. The van der Waals surface area contributed by atoms with E-state index >= 15 is 0 Å². The smallest absolute Gasteiger partial charge is 0.325 e. The largest absolute Gasteiger partial charge is 0.497 e. The van der Waals surface area contributed by atoms with Gasteiger partial charge in [0.15, 0.2) is 0 Å². The van der Waals surface area contributed by atoms with Crippen LogP contribution in [0.1, 0.15) is 18.9 Å². The molecule has 3 rings (SSSR count). The Labute approximate surface area is 167 Å². The summed E-state index contributed by atoms with van der Waals surface area (Å²) in [5, 5.41) is 5.85. The van der Waals surface area contributed by atoms with Gasteiger partial charge in [-0.05, 0) is 42.3 Å². The lowest BCUT2D eigenvalue weighted by atomic mass is 9.87. The summed E-state index contributed by atoms with van der Waals surface area (Å²) < 4.78 is 5.14. The number of carbonyl (C=O) groups is 3. The van der Waals surface area contributed by atoms with E-state index in [0.29, 0.717) is 28.4 Å². The second kappa shape index (κ2) is 7.90. The number of halogens is 1. The first-order valence-electron chi connectivity index (χ1n) is 8.73. The van der Waals surface area contributed by atoms with Gasteiger partial charge in [0.1, 0.15) is 17.8 Å². The lowest BCUT2D eigenvalue weighted by Gasteiger charge is -2.26. The Balaban J connectivity index is 1.78. The Kier molecular flexibility index (Phi) is 5.56. The second-order valence-corrected chi connectivity index (χ2v) is 6.80. The summed E-state index contributed by atoms with van der Waals surface area (Å²) in [7, 11) is 1.55. The van der Waals surface area contributed by atoms with Crippen LogP contribution in [0.2, 0.25) is 5.02 Å². The highest BCUT2D eigenvalue weighted by Crippen LogP contribution is 2.33. The molecule has 1 aliphatic heterocycles. The molecule has 1 fully saturated rings. The van der Waals surface area contributed by atoms with Crippen LogP contribution in [0, 0.1) is 0 Å². The zero-order chi connectivity index (χ0) is 20.3. The van der Waals surface area contributed by atoms with E-state index in [4.69, 9.17) is 16.3 Å². The van der Waals surface area contributed by atoms with Crippen molar-refractivity contribution in [2.75, 3.05) is 19.0 Å². The Morgan fingerprint density at radius 3 is 2.54 bits per heavy atom. The number of nitrogens with one attached hydrogen (secondary N) is 2. The molecule has 4 amide bonds. The van der Waals surface area contributed by atoms with Crippen LogP contribution in [-0.4, -0.2) is 36.4 Å². The van der Waals surface area contributed by atoms with Crippen molar-refractivity contribution < 1.29 is 19.1 Å². The van der Waals surface area contributed by atoms with Gasteiger partial charge in [0.2, 0.25) is 5.91 Å². The standard InChI is InChI=1S/C20H20ClN3O4/c1-3-20(13-7-9-16(28-2)10-8-13)18(26)24(19(27)23-20)12-17(25)22-15-6-4-5-14(21)11-15/h4-11H,3,12H2,1-2H3,(H,22,25)(H,23,27)/t20-/m1/s1. The molecule has 0 unspecified atom stereocenters. The molecule has 0 spiro atoms. The number of hydrogen-bond donors (Lipinski definition) is 2. The molecule has 0 radical (unpaired) electrons. The quantitative estimate of drug-likeness (QED) is 0.728. The molecule has 1 aliphatic rings. The monoisotopic (exact) mass is 401 g/mol. The van der Waals surface area contributed by atoms with Crippen LogP contribution in [0.15, 0.2) is 48.5 Å². The minimum absolute atomic E-state index is 0.344. The number of anilines is 1. The molecule has 2 N–H and O–H groups in total. The third-order valence-corrected chi connectivity index (χ3v) is 4.93. The van der Waals surface area contributed by atoms with Crippen molar-refractivity contribution >= 4 is 35.1 Å². The maximum atomic E-state index is 13.1. The van der Waals surface area contributed by atoms with E-state index in [2.05, 4.69) is 10.6 Å². The Morgan fingerprint density at radius 1 is 1.21 bits per heavy atom. The molecule has 8 heteroatoms. The molecule has 7 nitrogen and oxygen atoms in total. The summed E-state index contributed by atoms with van der Waals surface area (Å²) in [5.74, 6) is -0.316. The molecule has 28 heavy (non-hydrogen) atoms. The van der Waals surface area contributed by atoms with Crippen molar-refractivity contribution in [3.63, 3.8) is 0 Å². The van der Waals surface area contributed by atoms with Crippen molar-refractivity contribution in [2.45, 2.75) is 18.9 Å². The number of hydrogen-bond acceptors (Lipinski definition) is 4. The van der Waals surface area contributed by atoms with Crippen molar-refractivity contribution in [1.82, 2.24) is 10.2 Å². The van der Waals surface area contributed by atoms with E-state index < -0.39 is 29.9 Å². The first-order chi connectivity index (χ1) is 13.4. The van der Waals surface area contributed by atoms with Crippen LogP contribution in [0.3, 0.4) is 0 Å². The summed E-state index contributed by atoms with van der Waals surface area (Å²) in [6.45, 7) is 1.41. The highest BCUT2D eigenvalue weighted by molar-refractivity contribution is 6.30. The van der Waals surface area contributed by atoms with Crippen LogP contribution in [0.25, 0.3) is 0 Å². The van der Waals surface area contributed by atoms with Gasteiger partial charge >= 0.3 is 6.03 Å². The van der Waals surface area contributed by atoms with Crippen molar-refractivity contribution in [1.29, 1.82) is 0 Å². The molecule has 0 aliphatic carbocycles. The number of amides is 4. The average molecular weight is 402 g/mol. The fraction of sp³-hybridized carbons (Fsp3) is 0.250. The molecule has 2 aromatic carbocycles. The van der Waals surface area contributed by atoms with E-state index in [0.717, 1.165) is 4.90 Å². The van der Waals surface area contributed by atoms with Crippen molar-refractivity contribution in [3.05, 3.63) is 59.1 Å². The van der Waals surface area contributed by atoms with Crippen molar-refractivity contribution in [3.8, 4) is 5.75 Å². The van der Waals surface area contributed by atoms with Gasteiger partial charge in [-0.1, -0.05) is 36.7 Å². The number of methoxy groups -OCH3 is 1. The van der Waals surface area contributed by atoms with Gasteiger partial charge in [-0.3, -0.25) is 14.5 Å². The van der Waals surface area contributed by atoms with E-state index in [1.807, 2.05) is 0 Å². The second-order valence-electron chi connectivity index (χ2n) is 6.37. The molecular formula is C20H20ClN3O4. The molecule has 2 aromatic rings. The lowest BCUT2D eigenvalue weighted by Crippen LogP contribution is -2.44. The highest BCUT2D eigenvalue weighted by atomic mass is 35.5. The van der Waals surface area contributed by atoms with Crippen LogP contribution >= 0.6 is 11.6 Å². The number of nitrogens with zero attached hydrogens (tertiary/aromatic N) is 1. The Bertz CT molecular complexity index is 916. The normalized spacial score (nSPS) is 18.8. The lowest BCUT2D eigenvalue weighted by molar-refractivity contribution is -0.134. The highest BCUT2D eigenvalue weighted by Gasteiger charge is 2.51. The van der Waals surface area contributed by atoms with Crippen LogP contribution in [0.4, 0.5) is 10.5 Å². The molecule has 1 atom stereocenters. The topological polar surface area (TPSA) is 87.7 Å². The number of benzene rings is 2. The maximum absolute atomic E-state index is 13.1. The zero-order valence-corrected chi connectivity index (χ0v) is 16.2. The number of urea groups is 1. The van der Waals surface area contributed by atoms with E-state index in [9.17, 15) is 14.4 Å². The molecule has 0 aromatic heterocycles. The molecule has 0 bridgehead atoms. The SMILES string of the molecule is CC[C@]1(c2ccc(OC)cc2)NC(=O)N(CC(=O)Nc2cccc(Cl)c2)C1=O. The van der Waals surface area contributed by atoms with Gasteiger partial charge in [-0.25, -0.2) is 4.79 Å². The average Bonchev–Trinajstić information content (AvgIpc) is 2.93. The van der Waals surface area contributed by atoms with Gasteiger partial charge in [0, 0.05) is 10.7 Å². The molecule has 146 valence electrons. The van der Waals surface area contributed by atoms with Crippen LogP contribution in [-0.2, 0) is 15.1 Å². The number of carbonyl (C=O) groups excluding carboxylic acids is 3. The Morgan fingerprint density at radius 2 is 1.93 bits per heavy atom. The summed E-state index contributed by atoms with van der Waals surface area (Å²) in [6.07, 6.45) is 0.344. The predicted octanol–water partition coefficient (Wildman–Crippen LogP) is 3.14. The molecule has 1 saturated heterocycles. The predicted molar refractivity (Wildman–Crippen MR) is 105 cm³/mol. The third-order valence-electron chi connectivity index (χ3n) is 4.70. The summed E-state index contributed by atoms with van der Waals surface area (Å²) >= 11 is 5.90. The van der Waals surface area contributed by atoms with Crippen molar-refractivity contribution in [2.24, 2.45) is 0 Å². The summed E-state index contributed by atoms with van der Waals surface area (Å²) in [5.41, 5.74) is -0.0898. The van der Waals surface area contributed by atoms with Crippen LogP contribution in [0.5, 0.6) is 5.75 Å².